The summed E-state index contributed by atoms with van der Waals surface area (Å²) in [6.45, 7) is 0.416. The van der Waals surface area contributed by atoms with Crippen molar-refractivity contribution in [3.63, 3.8) is 0 Å². The van der Waals surface area contributed by atoms with Gasteiger partial charge in [0, 0.05) is 11.6 Å². The molecule has 2 heterocycles. The summed E-state index contributed by atoms with van der Waals surface area (Å²) in [5, 5.41) is 6.72. The maximum atomic E-state index is 11.9. The van der Waals surface area contributed by atoms with Crippen LogP contribution in [0.3, 0.4) is 0 Å². The zero-order valence-corrected chi connectivity index (χ0v) is 13.8. The lowest BCUT2D eigenvalue weighted by Crippen LogP contribution is -2.28. The monoisotopic (exact) mass is 352 g/mol. The Bertz CT molecular complexity index is 907. The summed E-state index contributed by atoms with van der Waals surface area (Å²) in [5.74, 6) is 2.38. The van der Waals surface area contributed by atoms with Crippen LogP contribution < -0.4 is 19.5 Å². The molecule has 7 heteroatoms. The fourth-order valence-corrected chi connectivity index (χ4v) is 2.49. The van der Waals surface area contributed by atoms with Crippen LogP contribution in [0.2, 0.25) is 0 Å². The Morgan fingerprint density at radius 1 is 1.08 bits per heavy atom. The number of benzene rings is 2. The van der Waals surface area contributed by atoms with Gasteiger partial charge in [-0.2, -0.15) is 0 Å². The number of aromatic nitrogens is 1. The van der Waals surface area contributed by atoms with Crippen molar-refractivity contribution in [3.05, 3.63) is 60.3 Å². The second-order valence-electron chi connectivity index (χ2n) is 5.63. The summed E-state index contributed by atoms with van der Waals surface area (Å²) in [6.07, 6.45) is 0. The molecule has 0 bridgehead atoms. The van der Waals surface area contributed by atoms with E-state index in [4.69, 9.17) is 18.7 Å². The van der Waals surface area contributed by atoms with Crippen molar-refractivity contribution < 1.29 is 23.5 Å². The number of carbonyl (C=O) groups is 1. The minimum Gasteiger partial charge on any atom is -0.484 e. The zero-order chi connectivity index (χ0) is 17.8. The van der Waals surface area contributed by atoms with E-state index < -0.39 is 0 Å². The molecule has 2 aromatic carbocycles. The van der Waals surface area contributed by atoms with Crippen LogP contribution >= 0.6 is 0 Å². The molecular formula is C19H16N2O5. The van der Waals surface area contributed by atoms with Crippen molar-refractivity contribution in [2.75, 3.05) is 13.4 Å². The van der Waals surface area contributed by atoms with Crippen LogP contribution in [0.4, 0.5) is 0 Å². The average molecular weight is 352 g/mol. The number of hydrogen-bond donors (Lipinski definition) is 1. The lowest BCUT2D eigenvalue weighted by molar-refractivity contribution is -0.123. The molecule has 0 saturated heterocycles. The first-order chi connectivity index (χ1) is 12.8. The maximum absolute atomic E-state index is 11.9. The van der Waals surface area contributed by atoms with Gasteiger partial charge in [0.15, 0.2) is 23.9 Å². The van der Waals surface area contributed by atoms with Crippen molar-refractivity contribution >= 4 is 5.91 Å². The van der Waals surface area contributed by atoms with Crippen molar-refractivity contribution in [3.8, 4) is 28.6 Å². The van der Waals surface area contributed by atoms with Crippen LogP contribution in [0, 0.1) is 0 Å². The summed E-state index contributed by atoms with van der Waals surface area (Å²) >= 11 is 0. The molecule has 0 fully saturated rings. The predicted octanol–water partition coefficient (Wildman–Crippen LogP) is 2.77. The Balaban J connectivity index is 1.31. The van der Waals surface area contributed by atoms with E-state index in [1.54, 1.807) is 18.2 Å². The zero-order valence-electron chi connectivity index (χ0n) is 13.8. The van der Waals surface area contributed by atoms with E-state index in [1.807, 2.05) is 36.4 Å². The molecular weight excluding hydrogens is 336 g/mol. The molecule has 0 aliphatic carbocycles. The SMILES string of the molecule is O=C(COc1ccccc1)NCc1cc(-c2ccc3c(c2)OCO3)on1. The number of fused-ring (bicyclic) bond motifs is 1. The highest BCUT2D eigenvalue weighted by Crippen LogP contribution is 2.35. The van der Waals surface area contributed by atoms with Gasteiger partial charge in [0.2, 0.25) is 6.79 Å². The van der Waals surface area contributed by atoms with Gasteiger partial charge in [0.1, 0.15) is 11.4 Å². The highest BCUT2D eigenvalue weighted by molar-refractivity contribution is 5.77. The van der Waals surface area contributed by atoms with Gasteiger partial charge < -0.3 is 24.1 Å². The summed E-state index contributed by atoms with van der Waals surface area (Å²) in [5.41, 5.74) is 1.44. The van der Waals surface area contributed by atoms with E-state index in [-0.39, 0.29) is 25.9 Å². The fourth-order valence-electron chi connectivity index (χ4n) is 2.49. The van der Waals surface area contributed by atoms with Gasteiger partial charge in [-0.15, -0.1) is 0 Å². The Morgan fingerprint density at radius 3 is 2.81 bits per heavy atom. The van der Waals surface area contributed by atoms with Crippen LogP contribution in [0.5, 0.6) is 17.2 Å². The number of amides is 1. The van der Waals surface area contributed by atoms with Crippen LogP contribution in [-0.2, 0) is 11.3 Å². The summed E-state index contributed by atoms with van der Waals surface area (Å²) < 4.78 is 21.4. The molecule has 0 unspecified atom stereocenters. The maximum Gasteiger partial charge on any atom is 0.258 e. The molecule has 0 atom stereocenters. The average Bonchev–Trinajstić information content (AvgIpc) is 3.34. The first-order valence-electron chi connectivity index (χ1n) is 8.08. The van der Waals surface area contributed by atoms with E-state index in [0.717, 1.165) is 5.56 Å². The van der Waals surface area contributed by atoms with E-state index in [1.165, 1.54) is 0 Å². The summed E-state index contributed by atoms with van der Waals surface area (Å²) in [6, 6.07) is 16.5. The topological polar surface area (TPSA) is 82.8 Å². The lowest BCUT2D eigenvalue weighted by atomic mass is 10.1. The third kappa shape index (κ3) is 3.61. The quantitative estimate of drug-likeness (QED) is 0.734. The van der Waals surface area contributed by atoms with Crippen molar-refractivity contribution in [2.24, 2.45) is 0 Å². The van der Waals surface area contributed by atoms with Gasteiger partial charge in [0.25, 0.3) is 5.91 Å². The summed E-state index contributed by atoms with van der Waals surface area (Å²) in [7, 11) is 0. The number of carbonyl (C=O) groups excluding carboxylic acids is 1. The van der Waals surface area contributed by atoms with Gasteiger partial charge in [-0.05, 0) is 30.3 Å². The molecule has 1 aromatic heterocycles. The smallest absolute Gasteiger partial charge is 0.258 e. The molecule has 1 amide bonds. The Morgan fingerprint density at radius 2 is 1.92 bits per heavy atom. The van der Waals surface area contributed by atoms with E-state index in [2.05, 4.69) is 10.5 Å². The van der Waals surface area contributed by atoms with Crippen molar-refractivity contribution in [1.82, 2.24) is 10.5 Å². The Hall–Kier alpha value is -3.48. The van der Waals surface area contributed by atoms with Gasteiger partial charge in [-0.1, -0.05) is 23.4 Å². The summed E-state index contributed by atoms with van der Waals surface area (Å²) in [4.78, 5) is 11.9. The largest absolute Gasteiger partial charge is 0.484 e. The van der Waals surface area contributed by atoms with Crippen LogP contribution in [0.15, 0.2) is 59.1 Å². The number of hydrogen-bond acceptors (Lipinski definition) is 6. The normalized spacial score (nSPS) is 12.0. The Kier molecular flexibility index (Phi) is 4.42. The molecule has 1 N–H and O–H groups in total. The second-order valence-corrected chi connectivity index (χ2v) is 5.63. The first-order valence-corrected chi connectivity index (χ1v) is 8.08. The second kappa shape index (κ2) is 7.18. The van der Waals surface area contributed by atoms with E-state index in [9.17, 15) is 4.79 Å². The van der Waals surface area contributed by atoms with E-state index >= 15 is 0 Å². The molecule has 0 spiro atoms. The van der Waals surface area contributed by atoms with E-state index in [0.29, 0.717) is 28.7 Å². The molecule has 0 saturated carbocycles. The number of nitrogens with zero attached hydrogens (tertiary/aromatic N) is 1. The highest BCUT2D eigenvalue weighted by Gasteiger charge is 2.16. The third-order valence-corrected chi connectivity index (χ3v) is 3.80. The molecule has 26 heavy (non-hydrogen) atoms. The molecule has 1 aliphatic rings. The molecule has 4 rings (SSSR count). The highest BCUT2D eigenvalue weighted by atomic mass is 16.7. The van der Waals surface area contributed by atoms with Crippen LogP contribution in [-0.4, -0.2) is 24.5 Å². The fraction of sp³-hybridized carbons (Fsp3) is 0.158. The number of ether oxygens (including phenoxy) is 3. The minimum atomic E-state index is -0.235. The first kappa shape index (κ1) is 16.0. The van der Waals surface area contributed by atoms with Crippen LogP contribution in [0.1, 0.15) is 5.69 Å². The molecule has 7 nitrogen and oxygen atoms in total. The standard InChI is InChI=1S/C19H16N2O5/c22-19(11-23-15-4-2-1-3-5-15)20-10-14-9-17(26-21-14)13-6-7-16-18(8-13)25-12-24-16/h1-9H,10-12H2,(H,20,22). The number of rotatable bonds is 6. The number of para-hydroxylation sites is 1. The third-order valence-electron chi connectivity index (χ3n) is 3.80. The molecule has 0 radical (unpaired) electrons. The van der Waals surface area contributed by atoms with Crippen molar-refractivity contribution in [2.45, 2.75) is 6.54 Å². The van der Waals surface area contributed by atoms with Gasteiger partial charge in [-0.3, -0.25) is 4.79 Å². The molecule has 1 aliphatic heterocycles. The van der Waals surface area contributed by atoms with Gasteiger partial charge >= 0.3 is 0 Å². The van der Waals surface area contributed by atoms with Gasteiger partial charge in [0.05, 0.1) is 6.54 Å². The number of nitrogens with one attached hydrogen (secondary N) is 1. The predicted molar refractivity (Wildman–Crippen MR) is 91.8 cm³/mol. The molecule has 132 valence electrons. The van der Waals surface area contributed by atoms with Crippen molar-refractivity contribution in [1.29, 1.82) is 0 Å². The molecule has 3 aromatic rings. The van der Waals surface area contributed by atoms with Gasteiger partial charge in [-0.25, -0.2) is 0 Å². The Labute approximate surface area is 149 Å². The van der Waals surface area contributed by atoms with Crippen LogP contribution in [0.25, 0.3) is 11.3 Å². The minimum absolute atomic E-state index is 0.0586. The lowest BCUT2D eigenvalue weighted by Gasteiger charge is -2.05.